The minimum absolute atomic E-state index is 0.420. The first-order chi connectivity index (χ1) is 4.12. The van der Waals surface area contributed by atoms with Crippen LogP contribution in [0.3, 0.4) is 0 Å². The van der Waals surface area contributed by atoms with Gasteiger partial charge in [-0.15, -0.1) is 0 Å². The third-order valence-corrected chi connectivity index (χ3v) is 1.94. The second-order valence-electron chi connectivity index (χ2n) is 3.03. The smallest absolute Gasteiger partial charge is 0.163 e. The van der Waals surface area contributed by atoms with Gasteiger partial charge in [0.2, 0.25) is 0 Å². The summed E-state index contributed by atoms with van der Waals surface area (Å²) in [6.07, 6.45) is 2.62. The van der Waals surface area contributed by atoms with Crippen molar-refractivity contribution in [1.29, 1.82) is 0 Å². The van der Waals surface area contributed by atoms with Gasteiger partial charge in [-0.3, -0.25) is 0 Å². The van der Waals surface area contributed by atoms with E-state index in [1.807, 2.05) is 0 Å². The number of hydrogen-bond donors (Lipinski definition) is 2. The third-order valence-electron chi connectivity index (χ3n) is 1.79. The molecule has 2 nitrogen and oxygen atoms in total. The number of nitrogens with two attached hydrogens (primary N) is 1. The minimum Gasteiger partial charge on any atom is -0.376 e. The first-order valence-corrected chi connectivity index (χ1v) is 3.57. The molecule has 1 fully saturated rings. The lowest BCUT2D eigenvalue weighted by Crippen LogP contribution is -2.33. The molecule has 9 heavy (non-hydrogen) atoms. The molecule has 0 spiro atoms. The lowest BCUT2D eigenvalue weighted by atomic mass is 10.1. The molecule has 1 aliphatic carbocycles. The first kappa shape index (κ1) is 6.81. The maximum Gasteiger partial charge on any atom is 0.163 e. The predicted molar refractivity (Wildman–Crippen MR) is 42.1 cm³/mol. The van der Waals surface area contributed by atoms with Gasteiger partial charge in [0.05, 0.1) is 0 Å². The molecule has 0 aromatic heterocycles. The van der Waals surface area contributed by atoms with Crippen molar-refractivity contribution in [1.82, 2.24) is 5.32 Å². The Morgan fingerprint density at radius 1 is 1.78 bits per heavy atom. The average Bonchev–Trinajstić information content (AvgIpc) is 2.45. The van der Waals surface area contributed by atoms with E-state index < -0.39 is 0 Å². The fourth-order valence-electron chi connectivity index (χ4n) is 0.691. The van der Waals surface area contributed by atoms with Crippen LogP contribution in [0.4, 0.5) is 0 Å². The number of rotatable bonds is 2. The van der Waals surface area contributed by atoms with Crippen molar-refractivity contribution in [3.05, 3.63) is 0 Å². The van der Waals surface area contributed by atoms with Crippen LogP contribution in [0, 0.1) is 5.41 Å². The molecule has 1 aliphatic rings. The highest BCUT2D eigenvalue weighted by atomic mass is 32.1. The number of hydrogen-bond acceptors (Lipinski definition) is 1. The largest absolute Gasteiger partial charge is 0.376 e. The lowest BCUT2D eigenvalue weighted by molar-refractivity contribution is 0.557. The Kier molecular flexibility index (Phi) is 1.62. The molecule has 0 unspecified atom stereocenters. The lowest BCUT2D eigenvalue weighted by Gasteiger charge is -2.08. The van der Waals surface area contributed by atoms with E-state index in [4.69, 9.17) is 5.73 Å². The molecule has 0 saturated heterocycles. The Labute approximate surface area is 60.8 Å². The SMILES string of the molecule is CC1(CNC(N)=S)CC1. The van der Waals surface area contributed by atoms with Crippen molar-refractivity contribution >= 4 is 17.3 Å². The van der Waals surface area contributed by atoms with Crippen LogP contribution in [0.25, 0.3) is 0 Å². The van der Waals surface area contributed by atoms with Crippen LogP contribution in [0.5, 0.6) is 0 Å². The van der Waals surface area contributed by atoms with Crippen molar-refractivity contribution in [3.8, 4) is 0 Å². The van der Waals surface area contributed by atoms with E-state index in [1.165, 1.54) is 12.8 Å². The molecular formula is C6H12N2S. The molecule has 1 rings (SSSR count). The van der Waals surface area contributed by atoms with Crippen molar-refractivity contribution in [2.45, 2.75) is 19.8 Å². The van der Waals surface area contributed by atoms with Crippen molar-refractivity contribution in [2.75, 3.05) is 6.54 Å². The normalized spacial score (nSPS) is 21.0. The number of nitrogens with one attached hydrogen (secondary N) is 1. The van der Waals surface area contributed by atoms with E-state index in [2.05, 4.69) is 24.5 Å². The monoisotopic (exact) mass is 144 g/mol. The Morgan fingerprint density at radius 3 is 2.67 bits per heavy atom. The standard InChI is InChI=1S/C6H12N2S/c1-6(2-3-6)4-8-5(7)9/h2-4H2,1H3,(H3,7,8,9). The van der Waals surface area contributed by atoms with Gasteiger partial charge >= 0.3 is 0 Å². The fourth-order valence-corrected chi connectivity index (χ4v) is 0.763. The van der Waals surface area contributed by atoms with Crippen molar-refractivity contribution in [3.63, 3.8) is 0 Å². The zero-order chi connectivity index (χ0) is 6.91. The Morgan fingerprint density at radius 2 is 2.33 bits per heavy atom. The van der Waals surface area contributed by atoms with Crippen LogP contribution in [-0.4, -0.2) is 11.7 Å². The molecule has 3 N–H and O–H groups in total. The van der Waals surface area contributed by atoms with Gasteiger partial charge in [-0.1, -0.05) is 6.92 Å². The maximum atomic E-state index is 5.25. The van der Waals surface area contributed by atoms with Gasteiger partial charge in [-0.05, 0) is 30.5 Å². The van der Waals surface area contributed by atoms with Crippen LogP contribution in [0.2, 0.25) is 0 Å². The average molecular weight is 144 g/mol. The van der Waals surface area contributed by atoms with Crippen LogP contribution < -0.4 is 11.1 Å². The molecule has 0 aromatic carbocycles. The van der Waals surface area contributed by atoms with Crippen LogP contribution in [0.1, 0.15) is 19.8 Å². The molecule has 0 heterocycles. The van der Waals surface area contributed by atoms with Crippen LogP contribution in [0.15, 0.2) is 0 Å². The summed E-state index contributed by atoms with van der Waals surface area (Å²) in [4.78, 5) is 0. The van der Waals surface area contributed by atoms with Gasteiger partial charge < -0.3 is 11.1 Å². The van der Waals surface area contributed by atoms with Gasteiger partial charge in [-0.25, -0.2) is 0 Å². The quantitative estimate of drug-likeness (QED) is 0.558. The second kappa shape index (κ2) is 2.14. The van der Waals surface area contributed by atoms with Crippen molar-refractivity contribution in [2.24, 2.45) is 11.1 Å². The summed E-state index contributed by atoms with van der Waals surface area (Å²) in [7, 11) is 0. The predicted octanol–water partition coefficient (Wildman–Crippen LogP) is 0.620. The Balaban J connectivity index is 2.12. The summed E-state index contributed by atoms with van der Waals surface area (Å²) in [5.41, 5.74) is 5.75. The van der Waals surface area contributed by atoms with E-state index in [-0.39, 0.29) is 0 Å². The molecule has 52 valence electrons. The summed E-state index contributed by atoms with van der Waals surface area (Å²) in [6.45, 7) is 3.18. The molecule has 0 aliphatic heterocycles. The minimum atomic E-state index is 0.420. The molecule has 0 radical (unpaired) electrons. The van der Waals surface area contributed by atoms with Crippen LogP contribution >= 0.6 is 12.2 Å². The molecule has 0 bridgehead atoms. The molecule has 0 atom stereocenters. The van der Waals surface area contributed by atoms with Gasteiger partial charge in [0.25, 0.3) is 0 Å². The topological polar surface area (TPSA) is 38.0 Å². The second-order valence-corrected chi connectivity index (χ2v) is 3.47. The fraction of sp³-hybridized carbons (Fsp3) is 0.833. The van der Waals surface area contributed by atoms with E-state index in [0.717, 1.165) is 6.54 Å². The van der Waals surface area contributed by atoms with E-state index in [9.17, 15) is 0 Å². The molecule has 0 amide bonds. The summed E-state index contributed by atoms with van der Waals surface area (Å²) >= 11 is 4.66. The molecule has 3 heteroatoms. The highest BCUT2D eigenvalue weighted by Gasteiger charge is 2.36. The zero-order valence-corrected chi connectivity index (χ0v) is 6.42. The van der Waals surface area contributed by atoms with Gasteiger partial charge in [0.1, 0.15) is 0 Å². The summed E-state index contributed by atoms with van der Waals surface area (Å²) in [5, 5.41) is 3.38. The van der Waals surface area contributed by atoms with Gasteiger partial charge in [0, 0.05) is 6.54 Å². The molecule has 1 saturated carbocycles. The Hall–Kier alpha value is -0.310. The summed E-state index contributed by atoms with van der Waals surface area (Å²) in [5.74, 6) is 0. The van der Waals surface area contributed by atoms with E-state index in [0.29, 0.717) is 10.5 Å². The highest BCUT2D eigenvalue weighted by Crippen LogP contribution is 2.43. The van der Waals surface area contributed by atoms with Crippen LogP contribution in [-0.2, 0) is 0 Å². The summed E-state index contributed by atoms with van der Waals surface area (Å²) in [6, 6.07) is 0. The van der Waals surface area contributed by atoms with Gasteiger partial charge in [0.15, 0.2) is 5.11 Å². The first-order valence-electron chi connectivity index (χ1n) is 3.16. The molecule has 0 aromatic rings. The van der Waals surface area contributed by atoms with E-state index in [1.54, 1.807) is 0 Å². The zero-order valence-electron chi connectivity index (χ0n) is 5.61. The Bertz CT molecular complexity index is 129. The number of thiocarbonyl (C=S) groups is 1. The van der Waals surface area contributed by atoms with Crippen molar-refractivity contribution < 1.29 is 0 Å². The van der Waals surface area contributed by atoms with Gasteiger partial charge in [-0.2, -0.15) is 0 Å². The molecular weight excluding hydrogens is 132 g/mol. The third kappa shape index (κ3) is 2.18. The van der Waals surface area contributed by atoms with E-state index >= 15 is 0 Å². The highest BCUT2D eigenvalue weighted by molar-refractivity contribution is 7.80. The maximum absolute atomic E-state index is 5.25. The summed E-state index contributed by atoms with van der Waals surface area (Å²) < 4.78 is 0.